The zero-order valence-corrected chi connectivity index (χ0v) is 6.38. The highest BCUT2D eigenvalue weighted by Gasteiger charge is 2.28. The number of hydrogen-bond acceptors (Lipinski definition) is 3. The molecular formula is C7H6ClNO2. The minimum atomic E-state index is -1.54. The number of rotatable bonds is 1. The van der Waals surface area contributed by atoms with Crippen molar-refractivity contribution in [3.8, 4) is 6.26 Å². The maximum Gasteiger partial charge on any atom is 0.289 e. The van der Waals surface area contributed by atoms with E-state index in [1.54, 1.807) is 12.2 Å². The number of allylic oxidation sites excluding steroid dienone is 2. The van der Waals surface area contributed by atoms with Crippen molar-refractivity contribution in [3.05, 3.63) is 23.3 Å². The van der Waals surface area contributed by atoms with Crippen LogP contribution in [0.5, 0.6) is 0 Å². The molecule has 0 bridgehead atoms. The summed E-state index contributed by atoms with van der Waals surface area (Å²) >= 11 is 5.60. The molecule has 0 saturated heterocycles. The summed E-state index contributed by atoms with van der Waals surface area (Å²) in [4.78, 5) is 0. The Morgan fingerprint density at radius 3 is 3.09 bits per heavy atom. The fraction of sp³-hybridized carbons (Fsp3) is 0.286. The van der Waals surface area contributed by atoms with Gasteiger partial charge >= 0.3 is 0 Å². The van der Waals surface area contributed by atoms with E-state index in [2.05, 4.69) is 4.74 Å². The van der Waals surface area contributed by atoms with Gasteiger partial charge in [0.2, 0.25) is 5.79 Å². The molecule has 1 N–H and O–H groups in total. The first-order chi connectivity index (χ1) is 5.16. The minimum absolute atomic E-state index is 0.124. The lowest BCUT2D eigenvalue weighted by molar-refractivity contribution is -0.116. The second-order valence-corrected chi connectivity index (χ2v) is 2.67. The molecule has 1 atom stereocenters. The van der Waals surface area contributed by atoms with Gasteiger partial charge in [-0.05, 0) is 12.2 Å². The Morgan fingerprint density at radius 1 is 1.82 bits per heavy atom. The van der Waals surface area contributed by atoms with Gasteiger partial charge in [0, 0.05) is 5.03 Å². The van der Waals surface area contributed by atoms with E-state index in [9.17, 15) is 5.11 Å². The summed E-state index contributed by atoms with van der Waals surface area (Å²) in [5.41, 5.74) is 0. The zero-order chi connectivity index (χ0) is 8.32. The van der Waals surface area contributed by atoms with Crippen LogP contribution in [0.2, 0.25) is 0 Å². The predicted molar refractivity (Wildman–Crippen MR) is 39.3 cm³/mol. The molecule has 0 fully saturated rings. The van der Waals surface area contributed by atoms with Crippen LogP contribution in [0.25, 0.3) is 0 Å². The summed E-state index contributed by atoms with van der Waals surface area (Å²) in [6, 6.07) is 0. The van der Waals surface area contributed by atoms with Gasteiger partial charge in [0.05, 0.1) is 6.42 Å². The van der Waals surface area contributed by atoms with Crippen molar-refractivity contribution in [1.82, 2.24) is 0 Å². The van der Waals surface area contributed by atoms with E-state index in [0.717, 1.165) is 0 Å². The molecule has 0 spiro atoms. The van der Waals surface area contributed by atoms with Crippen LogP contribution in [0.15, 0.2) is 23.3 Å². The number of hydrogen-bond donors (Lipinski definition) is 1. The summed E-state index contributed by atoms with van der Waals surface area (Å²) in [5, 5.41) is 18.0. The average Bonchev–Trinajstić information content (AvgIpc) is 1.86. The van der Waals surface area contributed by atoms with Crippen molar-refractivity contribution in [3.63, 3.8) is 0 Å². The Balaban J connectivity index is 2.71. The summed E-state index contributed by atoms with van der Waals surface area (Å²) in [6.45, 7) is 0. The Hall–Kier alpha value is -0.980. The van der Waals surface area contributed by atoms with Gasteiger partial charge in [-0.3, -0.25) is 0 Å². The molecule has 0 heterocycles. The average molecular weight is 172 g/mol. The smallest absolute Gasteiger partial charge is 0.289 e. The summed E-state index contributed by atoms with van der Waals surface area (Å²) in [6.07, 6.45) is 6.09. The number of nitriles is 1. The van der Waals surface area contributed by atoms with Gasteiger partial charge in [0.1, 0.15) is 0 Å². The third-order valence-electron chi connectivity index (χ3n) is 1.28. The van der Waals surface area contributed by atoms with Crippen molar-refractivity contribution < 1.29 is 9.84 Å². The van der Waals surface area contributed by atoms with Crippen LogP contribution in [0.1, 0.15) is 6.42 Å². The maximum atomic E-state index is 9.38. The van der Waals surface area contributed by atoms with E-state index in [-0.39, 0.29) is 6.42 Å². The van der Waals surface area contributed by atoms with Gasteiger partial charge in [-0.15, -0.1) is 0 Å². The third-order valence-corrected chi connectivity index (χ3v) is 1.54. The van der Waals surface area contributed by atoms with E-state index in [4.69, 9.17) is 16.9 Å². The molecule has 1 aliphatic carbocycles. The van der Waals surface area contributed by atoms with E-state index < -0.39 is 5.79 Å². The minimum Gasteiger partial charge on any atom is -0.389 e. The van der Waals surface area contributed by atoms with Crippen molar-refractivity contribution in [2.45, 2.75) is 12.2 Å². The normalized spacial score (nSPS) is 29.0. The highest BCUT2D eigenvalue weighted by molar-refractivity contribution is 6.29. The molecule has 0 radical (unpaired) electrons. The zero-order valence-electron chi connectivity index (χ0n) is 5.62. The second-order valence-electron chi connectivity index (χ2n) is 2.19. The fourth-order valence-corrected chi connectivity index (χ4v) is 1.08. The molecule has 0 amide bonds. The summed E-state index contributed by atoms with van der Waals surface area (Å²) in [7, 11) is 0. The highest BCUT2D eigenvalue weighted by atomic mass is 35.5. The van der Waals surface area contributed by atoms with Crippen molar-refractivity contribution in [2.24, 2.45) is 0 Å². The molecule has 0 aromatic carbocycles. The Kier molecular flexibility index (Phi) is 2.18. The van der Waals surface area contributed by atoms with Crippen LogP contribution in [0.4, 0.5) is 0 Å². The molecular weight excluding hydrogens is 166 g/mol. The number of nitrogens with zero attached hydrogens (tertiary/aromatic N) is 1. The molecule has 0 aromatic heterocycles. The second kappa shape index (κ2) is 2.95. The van der Waals surface area contributed by atoms with Gasteiger partial charge in [-0.25, -0.2) is 0 Å². The Labute approximate surface area is 69.1 Å². The molecule has 3 nitrogen and oxygen atoms in total. The molecule has 0 saturated carbocycles. The van der Waals surface area contributed by atoms with E-state index in [0.29, 0.717) is 5.03 Å². The lowest BCUT2D eigenvalue weighted by atomic mass is 10.1. The standard InChI is InChI=1S/C7H6ClNO2/c8-6-2-1-3-7(10,4-6)11-5-9/h1-3,10H,4H2. The Bertz CT molecular complexity index is 254. The SMILES string of the molecule is N#COC1(O)C=CC=C(Cl)C1. The lowest BCUT2D eigenvalue weighted by Gasteiger charge is -2.22. The van der Waals surface area contributed by atoms with E-state index >= 15 is 0 Å². The van der Waals surface area contributed by atoms with E-state index in [1.165, 1.54) is 12.3 Å². The van der Waals surface area contributed by atoms with Crippen LogP contribution >= 0.6 is 11.6 Å². The molecule has 58 valence electrons. The number of halogens is 1. The molecule has 4 heteroatoms. The first kappa shape index (κ1) is 8.12. The first-order valence-electron chi connectivity index (χ1n) is 3.00. The third kappa shape index (κ3) is 1.97. The van der Waals surface area contributed by atoms with Crippen molar-refractivity contribution in [2.75, 3.05) is 0 Å². The molecule has 1 aliphatic rings. The van der Waals surface area contributed by atoms with Crippen molar-refractivity contribution >= 4 is 11.6 Å². The van der Waals surface area contributed by atoms with Crippen LogP contribution in [-0.4, -0.2) is 10.9 Å². The molecule has 11 heavy (non-hydrogen) atoms. The lowest BCUT2D eigenvalue weighted by Crippen LogP contribution is -2.29. The molecule has 0 aromatic rings. The van der Waals surface area contributed by atoms with Gasteiger partial charge < -0.3 is 9.84 Å². The number of aliphatic hydroxyl groups is 1. The maximum absolute atomic E-state index is 9.38. The fourth-order valence-electron chi connectivity index (χ4n) is 0.812. The van der Waals surface area contributed by atoms with Gasteiger partial charge in [-0.2, -0.15) is 5.26 Å². The van der Waals surface area contributed by atoms with Gasteiger partial charge in [0.25, 0.3) is 6.26 Å². The largest absolute Gasteiger partial charge is 0.389 e. The van der Waals surface area contributed by atoms with Gasteiger partial charge in [0.15, 0.2) is 0 Å². The summed E-state index contributed by atoms with van der Waals surface area (Å²) in [5.74, 6) is -1.54. The van der Waals surface area contributed by atoms with Crippen molar-refractivity contribution in [1.29, 1.82) is 5.26 Å². The van der Waals surface area contributed by atoms with Crippen LogP contribution < -0.4 is 0 Å². The van der Waals surface area contributed by atoms with Gasteiger partial charge in [-0.1, -0.05) is 17.7 Å². The first-order valence-corrected chi connectivity index (χ1v) is 3.37. The summed E-state index contributed by atoms with van der Waals surface area (Å²) < 4.78 is 4.39. The van der Waals surface area contributed by atoms with Crippen LogP contribution in [0, 0.1) is 11.5 Å². The molecule has 1 rings (SSSR count). The quantitative estimate of drug-likeness (QED) is 0.477. The highest BCUT2D eigenvalue weighted by Crippen LogP contribution is 2.25. The van der Waals surface area contributed by atoms with E-state index in [1.807, 2.05) is 0 Å². The van der Waals surface area contributed by atoms with Crippen LogP contribution in [0.3, 0.4) is 0 Å². The molecule has 1 unspecified atom stereocenters. The number of ether oxygens (including phenoxy) is 1. The molecule has 0 aliphatic heterocycles. The topological polar surface area (TPSA) is 53.2 Å². The van der Waals surface area contributed by atoms with Crippen LogP contribution in [-0.2, 0) is 4.74 Å². The monoisotopic (exact) mass is 171 g/mol. The Morgan fingerprint density at radius 2 is 2.55 bits per heavy atom. The predicted octanol–water partition coefficient (Wildman–Crippen LogP) is 1.26.